The molecule has 0 aliphatic heterocycles. The fourth-order valence-electron chi connectivity index (χ4n) is 4.68. The number of rotatable bonds is 11. The summed E-state index contributed by atoms with van der Waals surface area (Å²) in [6, 6.07) is 21.3. The lowest BCUT2D eigenvalue weighted by molar-refractivity contribution is -0.138. The van der Waals surface area contributed by atoms with E-state index in [4.69, 9.17) is 0 Å². The van der Waals surface area contributed by atoms with E-state index in [1.54, 1.807) is 48.5 Å². The van der Waals surface area contributed by atoms with Crippen LogP contribution in [0.3, 0.4) is 0 Å². The highest BCUT2D eigenvalue weighted by molar-refractivity contribution is 6.14. The summed E-state index contributed by atoms with van der Waals surface area (Å²) in [6.07, 6.45) is 0. The van der Waals surface area contributed by atoms with Crippen molar-refractivity contribution in [3.05, 3.63) is 72.8 Å². The van der Waals surface area contributed by atoms with Crippen molar-refractivity contribution in [2.24, 2.45) is 0 Å². The number of carbonyl (C=O) groups is 4. The molecule has 4 aromatic carbocycles. The third-order valence-electron chi connectivity index (χ3n) is 6.05. The van der Waals surface area contributed by atoms with E-state index in [0.717, 1.165) is 10.8 Å². The number of benzene rings is 4. The van der Waals surface area contributed by atoms with Crippen molar-refractivity contribution in [3.63, 3.8) is 0 Å². The van der Waals surface area contributed by atoms with Crippen LogP contribution in [-0.4, -0.2) is 70.5 Å². The minimum atomic E-state index is -1.23. The number of aliphatic carboxylic acids is 4. The van der Waals surface area contributed by atoms with Crippen molar-refractivity contribution < 1.29 is 39.6 Å². The molecule has 194 valence electrons. The molecule has 38 heavy (non-hydrogen) atoms. The Kier molecular flexibility index (Phi) is 7.43. The van der Waals surface area contributed by atoms with Crippen LogP contribution in [0, 0.1) is 0 Å². The molecule has 0 fully saturated rings. The summed E-state index contributed by atoms with van der Waals surface area (Å²) >= 11 is 0. The van der Waals surface area contributed by atoms with Crippen LogP contribution in [0.15, 0.2) is 72.8 Å². The summed E-state index contributed by atoms with van der Waals surface area (Å²) < 4.78 is 0. The Hall–Kier alpha value is -5.12. The molecule has 0 spiro atoms. The smallest absolute Gasteiger partial charge is 0.323 e. The van der Waals surface area contributed by atoms with Gasteiger partial charge >= 0.3 is 23.9 Å². The first kappa shape index (κ1) is 26.0. The maximum Gasteiger partial charge on any atom is 0.323 e. The highest BCUT2D eigenvalue weighted by Gasteiger charge is 2.26. The molecule has 0 aliphatic carbocycles. The van der Waals surface area contributed by atoms with Gasteiger partial charge in [0.15, 0.2) is 0 Å². The second kappa shape index (κ2) is 10.9. The first-order valence-corrected chi connectivity index (χ1v) is 11.6. The van der Waals surface area contributed by atoms with Gasteiger partial charge in [-0.2, -0.15) is 0 Å². The molecule has 4 rings (SSSR count). The van der Waals surface area contributed by atoms with Gasteiger partial charge in [-0.15, -0.1) is 0 Å². The zero-order valence-corrected chi connectivity index (χ0v) is 20.1. The maximum atomic E-state index is 11.7. The molecule has 0 saturated heterocycles. The van der Waals surface area contributed by atoms with E-state index in [1.807, 2.05) is 24.3 Å². The molecule has 0 amide bonds. The van der Waals surface area contributed by atoms with E-state index in [-0.39, 0.29) is 0 Å². The van der Waals surface area contributed by atoms with Crippen LogP contribution in [-0.2, 0) is 19.2 Å². The molecule has 0 radical (unpaired) electrons. The standard InChI is InChI=1S/C28H24N2O8/c31-23(32)13-29(14-24(33)34)21-11-9-17-5-1-3-7-19(17)27(21)28-20-8-4-2-6-18(20)10-12-22(28)30(15-25(35)36)16-26(37)38/h1-12H,13-16H2,(H,31,32)(H,33,34)(H,35,36)(H,37,38). The number of fused-ring (bicyclic) bond motifs is 2. The summed E-state index contributed by atoms with van der Waals surface area (Å²) in [4.78, 5) is 49.4. The topological polar surface area (TPSA) is 156 Å². The predicted octanol–water partition coefficient (Wildman–Crippen LogP) is 3.61. The maximum absolute atomic E-state index is 11.7. The summed E-state index contributed by atoms with van der Waals surface area (Å²) in [6.45, 7) is -2.42. The Bertz CT molecular complexity index is 1420. The van der Waals surface area contributed by atoms with Crippen LogP contribution >= 0.6 is 0 Å². The lowest BCUT2D eigenvalue weighted by atomic mass is 9.90. The van der Waals surface area contributed by atoms with Gasteiger partial charge in [0, 0.05) is 22.5 Å². The Morgan fingerprint density at radius 1 is 0.474 bits per heavy atom. The van der Waals surface area contributed by atoms with Crippen LogP contribution < -0.4 is 9.80 Å². The Morgan fingerprint density at radius 2 is 0.789 bits per heavy atom. The molecule has 0 aromatic heterocycles. The van der Waals surface area contributed by atoms with Crippen molar-refractivity contribution in [2.45, 2.75) is 0 Å². The zero-order valence-electron chi connectivity index (χ0n) is 20.1. The fraction of sp³-hybridized carbons (Fsp3) is 0.143. The molecule has 4 N–H and O–H groups in total. The van der Waals surface area contributed by atoms with Crippen LogP contribution in [0.2, 0.25) is 0 Å². The fourth-order valence-corrected chi connectivity index (χ4v) is 4.68. The van der Waals surface area contributed by atoms with Crippen molar-refractivity contribution >= 4 is 56.8 Å². The van der Waals surface area contributed by atoms with E-state index in [2.05, 4.69) is 0 Å². The van der Waals surface area contributed by atoms with E-state index < -0.39 is 50.1 Å². The minimum Gasteiger partial charge on any atom is -0.480 e. The van der Waals surface area contributed by atoms with Crippen LogP contribution in [0.4, 0.5) is 11.4 Å². The molecule has 10 heteroatoms. The Balaban J connectivity index is 2.15. The molecule has 0 saturated carbocycles. The van der Waals surface area contributed by atoms with Crippen LogP contribution in [0.5, 0.6) is 0 Å². The van der Waals surface area contributed by atoms with Crippen molar-refractivity contribution in [2.75, 3.05) is 36.0 Å². The van der Waals surface area contributed by atoms with E-state index >= 15 is 0 Å². The summed E-state index contributed by atoms with van der Waals surface area (Å²) in [5.74, 6) is -4.94. The molecular weight excluding hydrogens is 492 g/mol. The molecular formula is C28H24N2O8. The van der Waals surface area contributed by atoms with Gasteiger partial charge < -0.3 is 30.2 Å². The normalized spacial score (nSPS) is 10.8. The SMILES string of the molecule is O=C(O)CN(CC(=O)O)c1ccc2ccccc2c1-c1c(N(CC(=O)O)CC(=O)O)ccc2ccccc12. The van der Waals surface area contributed by atoms with E-state index in [0.29, 0.717) is 33.3 Å². The molecule has 0 atom stereocenters. The van der Waals surface area contributed by atoms with Gasteiger partial charge in [0.2, 0.25) is 0 Å². The van der Waals surface area contributed by atoms with Gasteiger partial charge in [0.05, 0.1) is 0 Å². The quantitative estimate of drug-likeness (QED) is 0.232. The van der Waals surface area contributed by atoms with Crippen molar-refractivity contribution in [1.82, 2.24) is 0 Å². The van der Waals surface area contributed by atoms with E-state index in [1.165, 1.54) is 9.80 Å². The number of nitrogens with zero attached hydrogens (tertiary/aromatic N) is 2. The highest BCUT2D eigenvalue weighted by Crippen LogP contribution is 2.45. The summed E-state index contributed by atoms with van der Waals surface area (Å²) in [5.41, 5.74) is 1.55. The number of carboxylic acids is 4. The van der Waals surface area contributed by atoms with Gasteiger partial charge in [-0.3, -0.25) is 19.2 Å². The largest absolute Gasteiger partial charge is 0.480 e. The molecule has 0 unspecified atom stereocenters. The van der Waals surface area contributed by atoms with E-state index in [9.17, 15) is 39.6 Å². The van der Waals surface area contributed by atoms with Crippen LogP contribution in [0.1, 0.15) is 0 Å². The first-order valence-electron chi connectivity index (χ1n) is 11.6. The Labute approximate surface area is 216 Å². The monoisotopic (exact) mass is 516 g/mol. The van der Waals surface area contributed by atoms with Gasteiger partial charge in [-0.1, -0.05) is 60.7 Å². The van der Waals surface area contributed by atoms with Gasteiger partial charge in [-0.25, -0.2) is 0 Å². The third-order valence-corrected chi connectivity index (χ3v) is 6.05. The van der Waals surface area contributed by atoms with Gasteiger partial charge in [0.1, 0.15) is 26.2 Å². The average molecular weight is 517 g/mol. The number of hydrogen-bond donors (Lipinski definition) is 4. The molecule has 10 nitrogen and oxygen atoms in total. The number of hydrogen-bond acceptors (Lipinski definition) is 6. The minimum absolute atomic E-state index is 0.303. The first-order chi connectivity index (χ1) is 18.2. The Morgan fingerprint density at radius 3 is 1.11 bits per heavy atom. The molecule has 0 bridgehead atoms. The zero-order chi connectivity index (χ0) is 27.4. The number of carboxylic acid groups (broad SMARTS) is 4. The second-order valence-electron chi connectivity index (χ2n) is 8.65. The second-order valence-corrected chi connectivity index (χ2v) is 8.65. The molecule has 0 aliphatic rings. The van der Waals surface area contributed by atoms with Gasteiger partial charge in [-0.05, 0) is 33.7 Å². The third kappa shape index (κ3) is 5.49. The predicted molar refractivity (Wildman–Crippen MR) is 142 cm³/mol. The lowest BCUT2D eigenvalue weighted by Crippen LogP contribution is -2.36. The highest BCUT2D eigenvalue weighted by atomic mass is 16.4. The lowest BCUT2D eigenvalue weighted by Gasteiger charge is -2.29. The van der Waals surface area contributed by atoms with Crippen LogP contribution in [0.25, 0.3) is 32.7 Å². The summed E-state index contributed by atoms with van der Waals surface area (Å²) in [5, 5.41) is 41.2. The molecule has 0 heterocycles. The van der Waals surface area contributed by atoms with Crippen molar-refractivity contribution in [3.8, 4) is 11.1 Å². The van der Waals surface area contributed by atoms with Gasteiger partial charge in [0.25, 0.3) is 0 Å². The average Bonchev–Trinajstić information content (AvgIpc) is 2.85. The summed E-state index contributed by atoms with van der Waals surface area (Å²) in [7, 11) is 0. The van der Waals surface area contributed by atoms with Crippen molar-refractivity contribution in [1.29, 1.82) is 0 Å². The number of anilines is 2. The molecule has 4 aromatic rings.